The van der Waals surface area contributed by atoms with Gasteiger partial charge in [0.05, 0.1) is 0 Å². The van der Waals surface area contributed by atoms with Crippen LogP contribution < -0.4 is 5.32 Å². The van der Waals surface area contributed by atoms with E-state index in [-0.39, 0.29) is 11.5 Å². The Balaban J connectivity index is 3.57. The monoisotopic (exact) mass is 197 g/mol. The summed E-state index contributed by atoms with van der Waals surface area (Å²) in [6.07, 6.45) is 0.954. The quantitative estimate of drug-likeness (QED) is 0.495. The second-order valence-electron chi connectivity index (χ2n) is 3.05. The maximum atomic E-state index is 11.0. The van der Waals surface area contributed by atoms with Crippen LogP contribution >= 0.6 is 0 Å². The van der Waals surface area contributed by atoms with E-state index in [4.69, 9.17) is 5.11 Å². The molecule has 1 amide bonds. The first-order valence-corrected chi connectivity index (χ1v) is 4.30. The highest BCUT2D eigenvalue weighted by Gasteiger charge is 2.04. The number of nitrogens with one attached hydrogen (secondary N) is 1. The third-order valence-electron chi connectivity index (χ3n) is 1.63. The molecule has 0 saturated carbocycles. The minimum absolute atomic E-state index is 0.162. The van der Waals surface area contributed by atoms with Gasteiger partial charge in [0.25, 0.3) is 0 Å². The molecular formula is C10H15NO3. The van der Waals surface area contributed by atoms with Gasteiger partial charge in [0, 0.05) is 17.7 Å². The van der Waals surface area contributed by atoms with Crippen LogP contribution in [-0.2, 0) is 9.59 Å². The molecule has 0 spiro atoms. The summed E-state index contributed by atoms with van der Waals surface area (Å²) >= 11 is 0. The van der Waals surface area contributed by atoms with Gasteiger partial charge in [0.15, 0.2) is 0 Å². The molecule has 0 unspecified atom stereocenters. The molecule has 0 heterocycles. The van der Waals surface area contributed by atoms with Crippen LogP contribution in [0.3, 0.4) is 0 Å². The molecule has 78 valence electrons. The van der Waals surface area contributed by atoms with Crippen molar-refractivity contribution in [2.24, 2.45) is 0 Å². The maximum absolute atomic E-state index is 11.0. The summed E-state index contributed by atoms with van der Waals surface area (Å²) in [6, 6.07) is 0. The van der Waals surface area contributed by atoms with E-state index in [9.17, 15) is 9.59 Å². The first-order chi connectivity index (χ1) is 6.45. The molecule has 0 fully saturated rings. The molecule has 0 radical (unpaired) electrons. The predicted octanol–water partition coefficient (Wildman–Crippen LogP) is 1.10. The zero-order valence-electron chi connectivity index (χ0n) is 8.30. The number of aliphatic carboxylic acids is 1. The van der Waals surface area contributed by atoms with E-state index in [1.165, 1.54) is 0 Å². The van der Waals surface area contributed by atoms with Gasteiger partial charge in [0.2, 0.25) is 5.91 Å². The fraction of sp³-hybridized carbons (Fsp3) is 0.400. The number of hydrogen-bond acceptors (Lipinski definition) is 2. The molecule has 4 heteroatoms. The Hall–Kier alpha value is -1.58. The lowest BCUT2D eigenvalue weighted by Crippen LogP contribution is -2.24. The van der Waals surface area contributed by atoms with Crippen molar-refractivity contribution in [3.63, 3.8) is 0 Å². The van der Waals surface area contributed by atoms with Crippen molar-refractivity contribution in [1.82, 2.24) is 5.32 Å². The zero-order valence-corrected chi connectivity index (χ0v) is 8.30. The van der Waals surface area contributed by atoms with Crippen molar-refractivity contribution in [3.8, 4) is 0 Å². The number of rotatable bonds is 6. The molecule has 0 aliphatic carbocycles. The maximum Gasteiger partial charge on any atom is 0.330 e. The molecule has 0 aromatic carbocycles. The van der Waals surface area contributed by atoms with Crippen LogP contribution in [0, 0.1) is 0 Å². The number of carbonyl (C=O) groups is 2. The fourth-order valence-electron chi connectivity index (χ4n) is 0.762. The minimum atomic E-state index is -0.990. The van der Waals surface area contributed by atoms with E-state index in [2.05, 4.69) is 18.5 Å². The van der Waals surface area contributed by atoms with Gasteiger partial charge in [0.1, 0.15) is 0 Å². The first-order valence-electron chi connectivity index (χ1n) is 4.30. The van der Waals surface area contributed by atoms with Crippen molar-refractivity contribution in [1.29, 1.82) is 0 Å². The molecule has 0 rings (SSSR count). The van der Waals surface area contributed by atoms with Crippen molar-refractivity contribution < 1.29 is 14.7 Å². The minimum Gasteiger partial charge on any atom is -0.478 e. The highest BCUT2D eigenvalue weighted by atomic mass is 16.4. The van der Waals surface area contributed by atoms with Crippen LogP contribution in [0.25, 0.3) is 0 Å². The zero-order chi connectivity index (χ0) is 11.1. The molecule has 0 aliphatic rings. The summed E-state index contributed by atoms with van der Waals surface area (Å²) in [7, 11) is 0. The van der Waals surface area contributed by atoms with Gasteiger partial charge in [-0.3, -0.25) is 4.79 Å². The predicted molar refractivity (Wildman–Crippen MR) is 53.8 cm³/mol. The van der Waals surface area contributed by atoms with Gasteiger partial charge in [-0.25, -0.2) is 4.79 Å². The van der Waals surface area contributed by atoms with E-state index < -0.39 is 5.97 Å². The summed E-state index contributed by atoms with van der Waals surface area (Å²) in [5.74, 6) is -1.19. The molecule has 14 heavy (non-hydrogen) atoms. The average molecular weight is 197 g/mol. The number of carboxylic acid groups (broad SMARTS) is 1. The molecule has 0 aromatic heterocycles. The Bertz CT molecular complexity index is 241. The molecular weight excluding hydrogens is 182 g/mol. The summed E-state index contributed by atoms with van der Waals surface area (Å²) < 4.78 is 0. The second-order valence-corrected chi connectivity index (χ2v) is 3.05. The summed E-state index contributed by atoms with van der Waals surface area (Å²) in [5.41, 5.74) is 0.608. The van der Waals surface area contributed by atoms with Crippen LogP contribution in [-0.4, -0.2) is 23.5 Å². The highest BCUT2D eigenvalue weighted by Crippen LogP contribution is 2.01. The molecule has 0 aromatic rings. The van der Waals surface area contributed by atoms with E-state index in [1.807, 2.05) is 0 Å². The third kappa shape index (κ3) is 5.13. The van der Waals surface area contributed by atoms with Gasteiger partial charge in [-0.2, -0.15) is 0 Å². The van der Waals surface area contributed by atoms with Crippen LogP contribution in [0.2, 0.25) is 0 Å². The number of carboxylic acids is 1. The summed E-state index contributed by atoms with van der Waals surface area (Å²) in [6.45, 7) is 8.91. The molecule has 2 N–H and O–H groups in total. The molecule has 0 saturated heterocycles. The molecule has 0 atom stereocenters. The number of hydrogen-bond donors (Lipinski definition) is 2. The van der Waals surface area contributed by atoms with Gasteiger partial charge in [-0.1, -0.05) is 13.2 Å². The highest BCUT2D eigenvalue weighted by molar-refractivity contribution is 5.92. The Morgan fingerprint density at radius 3 is 2.36 bits per heavy atom. The van der Waals surface area contributed by atoms with Crippen LogP contribution in [0.1, 0.15) is 19.8 Å². The Labute approximate surface area is 83.3 Å². The van der Waals surface area contributed by atoms with Crippen LogP contribution in [0.4, 0.5) is 0 Å². The SMILES string of the molecule is C=C(C)C(=O)NCCCC(=C)C(=O)O. The molecule has 0 aliphatic heterocycles. The molecule has 0 bridgehead atoms. The first kappa shape index (κ1) is 12.4. The van der Waals surface area contributed by atoms with Gasteiger partial charge in [-0.15, -0.1) is 0 Å². The van der Waals surface area contributed by atoms with E-state index in [1.54, 1.807) is 6.92 Å². The topological polar surface area (TPSA) is 66.4 Å². The average Bonchev–Trinajstić information content (AvgIpc) is 2.11. The summed E-state index contributed by atoms with van der Waals surface area (Å²) in [4.78, 5) is 21.3. The van der Waals surface area contributed by atoms with Gasteiger partial charge >= 0.3 is 5.97 Å². The van der Waals surface area contributed by atoms with Crippen molar-refractivity contribution in [2.45, 2.75) is 19.8 Å². The van der Waals surface area contributed by atoms with E-state index in [0.29, 0.717) is 25.0 Å². The lowest BCUT2D eigenvalue weighted by Gasteiger charge is -2.04. The fourth-order valence-corrected chi connectivity index (χ4v) is 0.762. The third-order valence-corrected chi connectivity index (χ3v) is 1.63. The number of carbonyl (C=O) groups excluding carboxylic acids is 1. The number of amides is 1. The normalized spacial score (nSPS) is 9.21. The van der Waals surface area contributed by atoms with Gasteiger partial charge in [-0.05, 0) is 19.8 Å². The van der Waals surface area contributed by atoms with E-state index in [0.717, 1.165) is 0 Å². The van der Waals surface area contributed by atoms with E-state index >= 15 is 0 Å². The van der Waals surface area contributed by atoms with Crippen molar-refractivity contribution in [3.05, 3.63) is 24.3 Å². The van der Waals surface area contributed by atoms with Crippen molar-refractivity contribution in [2.75, 3.05) is 6.54 Å². The van der Waals surface area contributed by atoms with Crippen LogP contribution in [0.15, 0.2) is 24.3 Å². The van der Waals surface area contributed by atoms with Crippen molar-refractivity contribution >= 4 is 11.9 Å². The molecule has 4 nitrogen and oxygen atoms in total. The van der Waals surface area contributed by atoms with Gasteiger partial charge < -0.3 is 10.4 Å². The Morgan fingerprint density at radius 1 is 1.36 bits per heavy atom. The lowest BCUT2D eigenvalue weighted by atomic mass is 10.1. The Kier molecular flexibility index (Phi) is 5.29. The lowest BCUT2D eigenvalue weighted by molar-refractivity contribution is -0.132. The standard InChI is InChI=1S/C10H15NO3/c1-7(2)9(12)11-6-4-5-8(3)10(13)14/h1,3-6H2,2H3,(H,11,12)(H,13,14). The summed E-state index contributed by atoms with van der Waals surface area (Å²) in [5, 5.41) is 11.1. The van der Waals surface area contributed by atoms with Crippen LogP contribution in [0.5, 0.6) is 0 Å². The second kappa shape index (κ2) is 5.96. The largest absolute Gasteiger partial charge is 0.478 e. The smallest absolute Gasteiger partial charge is 0.330 e. The Morgan fingerprint density at radius 2 is 1.93 bits per heavy atom.